The van der Waals surface area contributed by atoms with E-state index in [4.69, 9.17) is 4.74 Å². The summed E-state index contributed by atoms with van der Waals surface area (Å²) in [6.07, 6.45) is 4.59. The highest BCUT2D eigenvalue weighted by Gasteiger charge is 2.31. The van der Waals surface area contributed by atoms with Crippen LogP contribution in [0.3, 0.4) is 0 Å². The van der Waals surface area contributed by atoms with Gasteiger partial charge in [0.25, 0.3) is 0 Å². The summed E-state index contributed by atoms with van der Waals surface area (Å²) in [5.74, 6) is 1.75. The third-order valence-electron chi connectivity index (χ3n) is 5.22. The standard InChI is InChI=1S/C21H26N4O2/c1-2-16-8-10-18(11-9-16)27-15-17(26)14-24-12-5-6-19(24)21-23-22-20-7-3-4-13-25(20)21/h3-4,7-11,13,17,19,26H,2,5-6,12,14-15H2,1H3/t17-,19+/m0/s1. The highest BCUT2D eigenvalue weighted by atomic mass is 16.5. The lowest BCUT2D eigenvalue weighted by molar-refractivity contribution is 0.0625. The molecule has 3 heterocycles. The van der Waals surface area contributed by atoms with Crippen molar-refractivity contribution in [3.05, 3.63) is 60.0 Å². The minimum atomic E-state index is -0.546. The number of pyridine rings is 1. The number of aliphatic hydroxyl groups excluding tert-OH is 1. The molecule has 6 nitrogen and oxygen atoms in total. The van der Waals surface area contributed by atoms with Crippen LogP contribution in [0, 0.1) is 0 Å². The van der Waals surface area contributed by atoms with Gasteiger partial charge in [0.15, 0.2) is 11.5 Å². The number of rotatable bonds is 7. The van der Waals surface area contributed by atoms with Crippen molar-refractivity contribution >= 4 is 5.65 Å². The molecule has 1 saturated heterocycles. The van der Waals surface area contributed by atoms with E-state index >= 15 is 0 Å². The first-order valence-corrected chi connectivity index (χ1v) is 9.68. The smallest absolute Gasteiger partial charge is 0.160 e. The molecule has 142 valence electrons. The lowest BCUT2D eigenvalue weighted by Crippen LogP contribution is -2.35. The van der Waals surface area contributed by atoms with Crippen molar-refractivity contribution < 1.29 is 9.84 Å². The van der Waals surface area contributed by atoms with Gasteiger partial charge in [0.2, 0.25) is 0 Å². The molecule has 1 aromatic carbocycles. The van der Waals surface area contributed by atoms with E-state index in [0.717, 1.165) is 43.0 Å². The minimum Gasteiger partial charge on any atom is -0.491 e. The van der Waals surface area contributed by atoms with E-state index in [2.05, 4.69) is 34.2 Å². The quantitative estimate of drug-likeness (QED) is 0.697. The average Bonchev–Trinajstić information content (AvgIpc) is 3.33. The highest BCUT2D eigenvalue weighted by Crippen LogP contribution is 2.31. The second-order valence-corrected chi connectivity index (χ2v) is 7.10. The fourth-order valence-electron chi connectivity index (χ4n) is 3.76. The van der Waals surface area contributed by atoms with Crippen molar-refractivity contribution in [2.45, 2.75) is 38.3 Å². The number of hydrogen-bond donors (Lipinski definition) is 1. The number of benzene rings is 1. The van der Waals surface area contributed by atoms with E-state index in [9.17, 15) is 5.11 Å². The molecule has 2 atom stereocenters. The predicted octanol–water partition coefficient (Wildman–Crippen LogP) is 2.87. The van der Waals surface area contributed by atoms with Crippen molar-refractivity contribution in [1.29, 1.82) is 0 Å². The Balaban J connectivity index is 1.37. The zero-order valence-electron chi connectivity index (χ0n) is 15.7. The second-order valence-electron chi connectivity index (χ2n) is 7.10. The maximum absolute atomic E-state index is 10.5. The summed E-state index contributed by atoms with van der Waals surface area (Å²) in [6, 6.07) is 14.2. The molecule has 0 radical (unpaired) electrons. The van der Waals surface area contributed by atoms with Gasteiger partial charge in [0.05, 0.1) is 6.04 Å². The van der Waals surface area contributed by atoms with Crippen molar-refractivity contribution in [3.63, 3.8) is 0 Å². The number of fused-ring (bicyclic) bond motifs is 1. The summed E-state index contributed by atoms with van der Waals surface area (Å²) in [6.45, 7) is 3.94. The molecule has 1 aliphatic rings. The van der Waals surface area contributed by atoms with Crippen LogP contribution in [-0.4, -0.2) is 50.4 Å². The zero-order valence-corrected chi connectivity index (χ0v) is 15.7. The largest absolute Gasteiger partial charge is 0.491 e. The van der Waals surface area contributed by atoms with Gasteiger partial charge in [-0.3, -0.25) is 9.30 Å². The van der Waals surface area contributed by atoms with Crippen LogP contribution in [0.2, 0.25) is 0 Å². The summed E-state index contributed by atoms with van der Waals surface area (Å²) < 4.78 is 7.81. The molecular weight excluding hydrogens is 340 g/mol. The maximum Gasteiger partial charge on any atom is 0.160 e. The third kappa shape index (κ3) is 3.96. The van der Waals surface area contributed by atoms with E-state index in [1.165, 1.54) is 5.56 Å². The molecule has 0 bridgehead atoms. The van der Waals surface area contributed by atoms with Gasteiger partial charge in [-0.1, -0.05) is 25.1 Å². The summed E-state index contributed by atoms with van der Waals surface area (Å²) in [5, 5.41) is 19.2. The fourth-order valence-corrected chi connectivity index (χ4v) is 3.76. The molecule has 0 amide bonds. The minimum absolute atomic E-state index is 0.181. The number of nitrogens with zero attached hydrogens (tertiary/aromatic N) is 4. The molecule has 1 aliphatic heterocycles. The number of β-amino-alcohol motifs (C(OH)–C–C–N with tert-alkyl or cyclic N) is 1. The van der Waals surface area contributed by atoms with Gasteiger partial charge in [-0.25, -0.2) is 0 Å². The number of likely N-dealkylation sites (tertiary alicyclic amines) is 1. The Hall–Kier alpha value is -2.44. The highest BCUT2D eigenvalue weighted by molar-refractivity contribution is 5.37. The summed E-state index contributed by atoms with van der Waals surface area (Å²) in [4.78, 5) is 2.29. The number of aryl methyl sites for hydroxylation is 1. The second kappa shape index (κ2) is 8.06. The Kier molecular flexibility index (Phi) is 5.36. The van der Waals surface area contributed by atoms with Crippen LogP contribution in [-0.2, 0) is 6.42 Å². The van der Waals surface area contributed by atoms with Gasteiger partial charge in [-0.05, 0) is 55.6 Å². The lowest BCUT2D eigenvalue weighted by Gasteiger charge is -2.25. The molecule has 6 heteroatoms. The Morgan fingerprint density at radius 2 is 2.04 bits per heavy atom. The van der Waals surface area contributed by atoms with Gasteiger partial charge in [-0.15, -0.1) is 10.2 Å². The molecule has 1 N–H and O–H groups in total. The van der Waals surface area contributed by atoms with Gasteiger partial charge >= 0.3 is 0 Å². The number of aliphatic hydroxyl groups is 1. The number of hydrogen-bond acceptors (Lipinski definition) is 5. The van der Waals surface area contributed by atoms with Crippen molar-refractivity contribution in [1.82, 2.24) is 19.5 Å². The third-order valence-corrected chi connectivity index (χ3v) is 5.22. The van der Waals surface area contributed by atoms with Gasteiger partial charge in [0, 0.05) is 12.7 Å². The molecule has 27 heavy (non-hydrogen) atoms. The summed E-state index contributed by atoms with van der Waals surface area (Å²) in [5.41, 5.74) is 2.14. The molecule has 4 rings (SSSR count). The van der Waals surface area contributed by atoms with Crippen LogP contribution in [0.25, 0.3) is 5.65 Å². The van der Waals surface area contributed by atoms with E-state index in [-0.39, 0.29) is 12.6 Å². The average molecular weight is 366 g/mol. The molecule has 0 saturated carbocycles. The van der Waals surface area contributed by atoms with Crippen LogP contribution in [0.1, 0.15) is 37.2 Å². The molecule has 0 unspecified atom stereocenters. The van der Waals surface area contributed by atoms with Crippen molar-refractivity contribution in [2.75, 3.05) is 19.7 Å². The van der Waals surface area contributed by atoms with E-state index < -0.39 is 6.10 Å². The maximum atomic E-state index is 10.5. The first kappa shape index (κ1) is 17.9. The van der Waals surface area contributed by atoms with Gasteiger partial charge < -0.3 is 9.84 Å². The summed E-state index contributed by atoms with van der Waals surface area (Å²) >= 11 is 0. The Bertz CT molecular complexity index is 877. The predicted molar refractivity (Wildman–Crippen MR) is 104 cm³/mol. The van der Waals surface area contributed by atoms with Crippen LogP contribution in [0.15, 0.2) is 48.7 Å². The molecular formula is C21H26N4O2. The first-order valence-electron chi connectivity index (χ1n) is 9.68. The molecule has 1 fully saturated rings. The SMILES string of the molecule is CCc1ccc(OC[C@@H](O)CN2CCC[C@@H]2c2nnc3ccccn23)cc1. The monoisotopic (exact) mass is 366 g/mol. The molecule has 3 aromatic rings. The lowest BCUT2D eigenvalue weighted by atomic mass is 10.2. The number of aromatic nitrogens is 3. The molecule has 0 spiro atoms. The van der Waals surface area contributed by atoms with Crippen molar-refractivity contribution in [3.8, 4) is 5.75 Å². The Labute approximate surface area is 159 Å². The van der Waals surface area contributed by atoms with Gasteiger partial charge in [-0.2, -0.15) is 0 Å². The molecule has 0 aliphatic carbocycles. The first-order chi connectivity index (χ1) is 13.2. The Morgan fingerprint density at radius 1 is 1.19 bits per heavy atom. The zero-order chi connectivity index (χ0) is 18.6. The van der Waals surface area contributed by atoms with Gasteiger partial charge in [0.1, 0.15) is 18.5 Å². The molecule has 2 aromatic heterocycles. The van der Waals surface area contributed by atoms with Crippen molar-refractivity contribution in [2.24, 2.45) is 0 Å². The van der Waals surface area contributed by atoms with Crippen LogP contribution in [0.5, 0.6) is 5.75 Å². The van der Waals surface area contributed by atoms with Crippen LogP contribution < -0.4 is 4.74 Å². The van der Waals surface area contributed by atoms with Crippen LogP contribution in [0.4, 0.5) is 0 Å². The van der Waals surface area contributed by atoms with E-state index in [1.54, 1.807) is 0 Å². The number of ether oxygens (including phenoxy) is 1. The normalized spacial score (nSPS) is 18.8. The Morgan fingerprint density at radius 3 is 2.85 bits per heavy atom. The van der Waals surface area contributed by atoms with Crippen LogP contribution >= 0.6 is 0 Å². The van der Waals surface area contributed by atoms with E-state index in [0.29, 0.717) is 6.54 Å². The van der Waals surface area contributed by atoms with E-state index in [1.807, 2.05) is 40.9 Å². The topological polar surface area (TPSA) is 62.9 Å². The fraction of sp³-hybridized carbons (Fsp3) is 0.429. The summed E-state index contributed by atoms with van der Waals surface area (Å²) in [7, 11) is 0.